The molecule has 6 aromatic heterocycles. The van der Waals surface area contributed by atoms with Crippen LogP contribution in [0.1, 0.15) is 41.6 Å². The number of hydrogen-bond acceptors (Lipinski definition) is 8. The molecule has 9 heterocycles. The molecule has 0 fully saturated rings. The van der Waals surface area contributed by atoms with E-state index in [2.05, 4.69) is 82.6 Å². The molecular weight excluding hydrogens is 556 g/mol. The van der Waals surface area contributed by atoms with Crippen LogP contribution < -0.4 is 0 Å². The predicted octanol–water partition coefficient (Wildman–Crippen LogP) is 6.73. The van der Waals surface area contributed by atoms with Crippen LogP contribution in [0, 0.1) is 0 Å². The van der Waals surface area contributed by atoms with Gasteiger partial charge in [0.05, 0.1) is 68.3 Å². The average molecular weight is 591 g/mol. The lowest BCUT2D eigenvalue weighted by Crippen LogP contribution is -2.25. The van der Waals surface area contributed by atoms with E-state index in [0.29, 0.717) is 39.3 Å². The summed E-state index contributed by atoms with van der Waals surface area (Å²) in [4.78, 5) is 35.1. The molecule has 0 atom stereocenters. The van der Waals surface area contributed by atoms with Crippen LogP contribution in [0.2, 0.25) is 0 Å². The van der Waals surface area contributed by atoms with Crippen LogP contribution in [0.5, 0.6) is 0 Å². The summed E-state index contributed by atoms with van der Waals surface area (Å²) < 4.78 is 0. The average Bonchev–Trinajstić information content (AvgIpc) is 3.05. The van der Waals surface area contributed by atoms with Gasteiger partial charge < -0.3 is 0 Å². The molecule has 0 unspecified atom stereocenters. The second kappa shape index (κ2) is 12.4. The Balaban J connectivity index is 0.00000325. The summed E-state index contributed by atoms with van der Waals surface area (Å²) in [5, 5.41) is 0. The van der Waals surface area contributed by atoms with Crippen molar-refractivity contribution >= 4 is 0 Å². The van der Waals surface area contributed by atoms with E-state index in [-0.39, 0.29) is 7.43 Å². The first kappa shape index (κ1) is 28.6. The number of aromatic nitrogens is 6. The van der Waals surface area contributed by atoms with Crippen LogP contribution in [-0.2, 0) is 39.3 Å². The third-order valence-electron chi connectivity index (χ3n) is 7.94. The molecular formula is C37H34N8. The largest absolute Gasteiger partial charge is 0.286 e. The minimum absolute atomic E-state index is 0. The predicted molar refractivity (Wildman–Crippen MR) is 175 cm³/mol. The maximum Gasteiger partial charge on any atom is 0.0890 e. The van der Waals surface area contributed by atoms with Gasteiger partial charge in [-0.25, -0.2) is 29.9 Å². The standard InChI is InChI=1S/C36H30N8.CH4/c1-7-25-19-43-20-27-9-3-15-33(39-27)35-17-5-11-29(41-35)23-44(22-26-8-2-14-32(38-26)31(13-1)37-25)24-30-12-6-18-36(42-30)34-16-4-10-28(21-43)40-34;/h1-18H,19-24H2;1H4. The molecule has 0 spiro atoms. The Morgan fingerprint density at radius 1 is 0.289 bits per heavy atom. The molecule has 14 bridgehead atoms. The molecule has 3 aliphatic rings. The smallest absolute Gasteiger partial charge is 0.0890 e. The second-order valence-electron chi connectivity index (χ2n) is 11.4. The van der Waals surface area contributed by atoms with Gasteiger partial charge in [-0.15, -0.1) is 0 Å². The molecule has 3 aliphatic heterocycles. The zero-order chi connectivity index (χ0) is 29.3. The van der Waals surface area contributed by atoms with E-state index in [0.717, 1.165) is 68.3 Å². The van der Waals surface area contributed by atoms with E-state index in [9.17, 15) is 0 Å². The van der Waals surface area contributed by atoms with Crippen molar-refractivity contribution in [3.8, 4) is 34.2 Å². The van der Waals surface area contributed by atoms with Crippen LogP contribution in [0.4, 0.5) is 0 Å². The van der Waals surface area contributed by atoms with Crippen molar-refractivity contribution in [1.82, 2.24) is 39.7 Å². The summed E-state index contributed by atoms with van der Waals surface area (Å²) in [7, 11) is 0. The van der Waals surface area contributed by atoms with Gasteiger partial charge in [-0.1, -0.05) is 43.8 Å². The fourth-order valence-electron chi connectivity index (χ4n) is 5.97. The lowest BCUT2D eigenvalue weighted by Gasteiger charge is -2.24. The molecule has 0 radical (unpaired) electrons. The van der Waals surface area contributed by atoms with Crippen molar-refractivity contribution in [2.75, 3.05) is 0 Å². The van der Waals surface area contributed by atoms with Crippen LogP contribution in [0.15, 0.2) is 109 Å². The first-order chi connectivity index (χ1) is 21.7. The minimum Gasteiger partial charge on any atom is -0.286 e. The number of rotatable bonds is 0. The monoisotopic (exact) mass is 590 g/mol. The zero-order valence-electron chi connectivity index (χ0n) is 24.2. The summed E-state index contributed by atoms with van der Waals surface area (Å²) in [6.07, 6.45) is 0. The molecule has 0 amide bonds. The van der Waals surface area contributed by atoms with Crippen LogP contribution >= 0.6 is 0 Å². The van der Waals surface area contributed by atoms with E-state index in [1.165, 1.54) is 0 Å². The van der Waals surface area contributed by atoms with E-state index < -0.39 is 0 Å². The highest BCUT2D eigenvalue weighted by atomic mass is 15.2. The van der Waals surface area contributed by atoms with Crippen LogP contribution in [-0.4, -0.2) is 39.7 Å². The molecule has 8 heteroatoms. The number of pyridine rings is 6. The normalized spacial score (nSPS) is 17.1. The lowest BCUT2D eigenvalue weighted by atomic mass is 10.1. The van der Waals surface area contributed by atoms with Gasteiger partial charge in [-0.05, 0) is 72.8 Å². The zero-order valence-corrected chi connectivity index (χ0v) is 24.2. The minimum atomic E-state index is 0. The Morgan fingerprint density at radius 2 is 0.467 bits per heavy atom. The highest BCUT2D eigenvalue weighted by Crippen LogP contribution is 2.24. The molecule has 0 saturated carbocycles. The van der Waals surface area contributed by atoms with Crippen molar-refractivity contribution in [1.29, 1.82) is 0 Å². The Hall–Kier alpha value is -5.18. The molecule has 45 heavy (non-hydrogen) atoms. The van der Waals surface area contributed by atoms with Crippen molar-refractivity contribution in [2.45, 2.75) is 46.7 Å². The van der Waals surface area contributed by atoms with Crippen molar-refractivity contribution in [3.05, 3.63) is 143 Å². The van der Waals surface area contributed by atoms with E-state index in [1.807, 2.05) is 36.4 Å². The third kappa shape index (κ3) is 6.38. The molecule has 8 nitrogen and oxygen atoms in total. The number of hydrogen-bond donors (Lipinski definition) is 0. The summed E-state index contributed by atoms with van der Waals surface area (Å²) >= 11 is 0. The highest BCUT2D eigenvalue weighted by molar-refractivity contribution is 5.56. The molecule has 0 aromatic carbocycles. The van der Waals surface area contributed by atoms with E-state index in [1.54, 1.807) is 0 Å². The Kier molecular flexibility index (Phi) is 7.90. The van der Waals surface area contributed by atoms with Gasteiger partial charge in [0.2, 0.25) is 0 Å². The van der Waals surface area contributed by atoms with Crippen LogP contribution in [0.3, 0.4) is 0 Å². The van der Waals surface area contributed by atoms with E-state index in [4.69, 9.17) is 29.9 Å². The van der Waals surface area contributed by atoms with Gasteiger partial charge in [0.15, 0.2) is 0 Å². The Morgan fingerprint density at radius 3 is 0.644 bits per heavy atom. The van der Waals surface area contributed by atoms with Gasteiger partial charge in [-0.3, -0.25) is 9.80 Å². The first-order valence-corrected chi connectivity index (χ1v) is 14.9. The van der Waals surface area contributed by atoms with Crippen molar-refractivity contribution in [2.24, 2.45) is 0 Å². The summed E-state index contributed by atoms with van der Waals surface area (Å²) in [5.74, 6) is 0. The SMILES string of the molecule is C.c1cc2nc(c1)-c1cccc(n1)CN1Cc3cccc(n3)-c3cccc(n3)CN(C2)Cc2cccc(n2)-c2cccc(n2)C1. The fourth-order valence-corrected chi connectivity index (χ4v) is 5.97. The van der Waals surface area contributed by atoms with Gasteiger partial charge in [0.1, 0.15) is 0 Å². The van der Waals surface area contributed by atoms with Crippen molar-refractivity contribution < 1.29 is 0 Å². The summed E-state index contributed by atoms with van der Waals surface area (Å²) in [6, 6.07) is 37.1. The molecule has 0 N–H and O–H groups in total. The van der Waals surface area contributed by atoms with E-state index >= 15 is 0 Å². The lowest BCUT2D eigenvalue weighted by molar-refractivity contribution is 0.238. The molecule has 9 rings (SSSR count). The Labute approximate surface area is 263 Å². The topological polar surface area (TPSA) is 83.8 Å². The van der Waals surface area contributed by atoms with Gasteiger partial charge in [0, 0.05) is 39.3 Å². The van der Waals surface area contributed by atoms with Crippen molar-refractivity contribution in [3.63, 3.8) is 0 Å². The third-order valence-corrected chi connectivity index (χ3v) is 7.94. The van der Waals surface area contributed by atoms with Gasteiger partial charge in [-0.2, -0.15) is 0 Å². The van der Waals surface area contributed by atoms with Crippen LogP contribution in [0.25, 0.3) is 34.2 Å². The maximum absolute atomic E-state index is 5.08. The second-order valence-corrected chi connectivity index (χ2v) is 11.4. The highest BCUT2D eigenvalue weighted by Gasteiger charge is 2.17. The molecule has 0 aliphatic carbocycles. The Bertz CT molecular complexity index is 1600. The molecule has 0 saturated heterocycles. The van der Waals surface area contributed by atoms with Gasteiger partial charge in [0.25, 0.3) is 0 Å². The number of nitrogens with zero attached hydrogens (tertiary/aromatic N) is 8. The fraction of sp³-hybridized carbons (Fsp3) is 0.189. The molecule has 222 valence electrons. The maximum atomic E-state index is 5.08. The molecule has 6 aromatic rings. The summed E-state index contributed by atoms with van der Waals surface area (Å²) in [5.41, 5.74) is 11.0. The first-order valence-electron chi connectivity index (χ1n) is 14.9. The van der Waals surface area contributed by atoms with Gasteiger partial charge >= 0.3 is 0 Å². The summed E-state index contributed by atoms with van der Waals surface area (Å²) in [6.45, 7) is 3.75. The quantitative estimate of drug-likeness (QED) is 0.193.